The van der Waals surface area contributed by atoms with Gasteiger partial charge in [-0.3, -0.25) is 0 Å². The number of benzene rings is 1. The van der Waals surface area contributed by atoms with Crippen LogP contribution in [-0.2, 0) is 0 Å². The van der Waals surface area contributed by atoms with Crippen LogP contribution in [0, 0.1) is 13.8 Å². The number of hydrogen-bond donors (Lipinski definition) is 0. The second kappa shape index (κ2) is 6.83. The Morgan fingerprint density at radius 3 is 2.00 bits per heavy atom. The third-order valence-electron chi connectivity index (χ3n) is 4.26. The van der Waals surface area contributed by atoms with Gasteiger partial charge in [-0.1, -0.05) is 0 Å². The summed E-state index contributed by atoms with van der Waals surface area (Å²) in [6.07, 6.45) is 0. The van der Waals surface area contributed by atoms with Crippen LogP contribution in [0.15, 0.2) is 50.2 Å². The molecule has 1 aliphatic heterocycles. The van der Waals surface area contributed by atoms with Crippen molar-refractivity contribution in [1.82, 2.24) is 0 Å². The van der Waals surface area contributed by atoms with Crippen LogP contribution in [0.1, 0.15) is 34.5 Å². The van der Waals surface area contributed by atoms with Crippen LogP contribution in [-0.4, -0.2) is 18.4 Å². The average Bonchev–Trinajstić information content (AvgIpc) is 3.25. The third-order valence-corrected chi connectivity index (χ3v) is 4.35. The number of thiocarbonyl (C=S) groups is 1. The molecular formula is C20H17NO4S. The number of hydrogen-bond acceptors (Lipinski definition) is 6. The molecule has 5 nitrogen and oxygen atoms in total. The number of furan rings is 2. The maximum atomic E-state index is 5.92. The molecule has 3 heterocycles. The summed E-state index contributed by atoms with van der Waals surface area (Å²) in [5.41, 5.74) is 1.51. The molecule has 1 aliphatic rings. The van der Waals surface area contributed by atoms with Gasteiger partial charge in [-0.25, -0.2) is 0 Å². The minimum Gasteiger partial charge on any atom is -0.486 e. The fourth-order valence-electron chi connectivity index (χ4n) is 3.13. The fourth-order valence-corrected chi connectivity index (χ4v) is 3.23. The molecule has 0 bridgehead atoms. The molecule has 2 aromatic heterocycles. The highest BCUT2D eigenvalue weighted by Crippen LogP contribution is 2.44. The van der Waals surface area contributed by atoms with E-state index < -0.39 is 0 Å². The molecule has 0 atom stereocenters. The Kier molecular flexibility index (Phi) is 4.37. The van der Waals surface area contributed by atoms with Crippen molar-refractivity contribution in [2.45, 2.75) is 19.8 Å². The first-order chi connectivity index (χ1) is 12.7. The van der Waals surface area contributed by atoms with Crippen LogP contribution in [0.2, 0.25) is 0 Å². The van der Waals surface area contributed by atoms with Gasteiger partial charge in [-0.15, -0.1) is 0 Å². The minimum absolute atomic E-state index is 0.282. The number of aliphatic imine (C=N–C) groups is 1. The van der Waals surface area contributed by atoms with Crippen molar-refractivity contribution >= 4 is 23.1 Å². The maximum Gasteiger partial charge on any atom is 0.163 e. The molecule has 0 saturated carbocycles. The molecule has 0 fully saturated rings. The maximum absolute atomic E-state index is 5.92. The zero-order chi connectivity index (χ0) is 18.1. The molecule has 0 unspecified atom stereocenters. The molecule has 0 spiro atoms. The SMILES string of the molecule is Cc1ccc(C(c2ccc(C)o2)c2cc3c(cc2N=C=S)OCCO3)o1. The topological polar surface area (TPSA) is 57.1 Å². The zero-order valence-electron chi connectivity index (χ0n) is 14.4. The lowest BCUT2D eigenvalue weighted by Gasteiger charge is -2.22. The molecule has 26 heavy (non-hydrogen) atoms. The molecule has 0 saturated heterocycles. The van der Waals surface area contributed by atoms with Crippen molar-refractivity contribution in [2.24, 2.45) is 4.99 Å². The van der Waals surface area contributed by atoms with E-state index in [0.29, 0.717) is 30.4 Å². The first kappa shape index (κ1) is 16.6. The van der Waals surface area contributed by atoms with Crippen LogP contribution in [0.25, 0.3) is 0 Å². The highest BCUT2D eigenvalue weighted by atomic mass is 32.1. The Hall–Kier alpha value is -2.82. The Labute approximate surface area is 156 Å². The largest absolute Gasteiger partial charge is 0.486 e. The Morgan fingerprint density at radius 2 is 1.50 bits per heavy atom. The van der Waals surface area contributed by atoms with E-state index in [1.807, 2.05) is 50.2 Å². The lowest BCUT2D eigenvalue weighted by atomic mass is 9.92. The van der Waals surface area contributed by atoms with E-state index in [4.69, 9.17) is 30.5 Å². The van der Waals surface area contributed by atoms with Gasteiger partial charge in [0.25, 0.3) is 0 Å². The molecule has 3 aromatic rings. The molecule has 4 rings (SSSR count). The quantitative estimate of drug-likeness (QED) is 0.470. The van der Waals surface area contributed by atoms with Gasteiger partial charge in [0, 0.05) is 11.6 Å². The molecule has 0 radical (unpaired) electrons. The Bertz CT molecular complexity index is 957. The normalized spacial score (nSPS) is 12.9. The van der Waals surface area contributed by atoms with Crippen molar-refractivity contribution in [3.8, 4) is 11.5 Å². The summed E-state index contributed by atoms with van der Waals surface area (Å²) in [6.45, 7) is 4.83. The number of nitrogens with zero attached hydrogens (tertiary/aromatic N) is 1. The van der Waals surface area contributed by atoms with Gasteiger partial charge >= 0.3 is 0 Å². The third kappa shape index (κ3) is 3.05. The molecule has 0 aliphatic carbocycles. The van der Waals surface area contributed by atoms with Crippen LogP contribution < -0.4 is 9.47 Å². The molecule has 132 valence electrons. The van der Waals surface area contributed by atoms with Crippen LogP contribution in [0.3, 0.4) is 0 Å². The van der Waals surface area contributed by atoms with E-state index in [-0.39, 0.29) is 5.92 Å². The minimum atomic E-state index is -0.282. The summed E-state index contributed by atoms with van der Waals surface area (Å²) in [4.78, 5) is 4.25. The molecule has 6 heteroatoms. The van der Waals surface area contributed by atoms with Crippen molar-refractivity contribution in [3.63, 3.8) is 0 Å². The van der Waals surface area contributed by atoms with E-state index in [0.717, 1.165) is 28.6 Å². The fraction of sp³-hybridized carbons (Fsp3) is 0.250. The number of rotatable bonds is 4. The molecule has 1 aromatic carbocycles. The summed E-state index contributed by atoms with van der Waals surface area (Å²) in [5, 5.41) is 2.45. The number of aryl methyl sites for hydroxylation is 2. The standard InChI is InChI=1S/C20H17NO4S/c1-12-3-5-16(24-12)20(17-6-4-13(2)25-17)14-9-18-19(23-8-7-22-18)10-15(14)21-11-26/h3-6,9-10,20H,7-8H2,1-2H3. The van der Waals surface area contributed by atoms with Gasteiger partial charge < -0.3 is 18.3 Å². The summed E-state index contributed by atoms with van der Waals surface area (Å²) >= 11 is 4.84. The van der Waals surface area contributed by atoms with Crippen molar-refractivity contribution < 1.29 is 18.3 Å². The van der Waals surface area contributed by atoms with Crippen molar-refractivity contribution in [3.05, 3.63) is 65.0 Å². The molecule has 0 amide bonds. The summed E-state index contributed by atoms with van der Waals surface area (Å²) in [7, 11) is 0. The predicted molar refractivity (Wildman–Crippen MR) is 100.0 cm³/mol. The smallest absolute Gasteiger partial charge is 0.163 e. The van der Waals surface area contributed by atoms with E-state index in [9.17, 15) is 0 Å². The number of ether oxygens (including phenoxy) is 2. The summed E-state index contributed by atoms with van der Waals surface area (Å²) in [6, 6.07) is 11.5. The first-order valence-electron chi connectivity index (χ1n) is 8.30. The number of isothiocyanates is 1. The van der Waals surface area contributed by atoms with Gasteiger partial charge in [0.2, 0.25) is 0 Å². The van der Waals surface area contributed by atoms with E-state index in [2.05, 4.69) is 10.2 Å². The van der Waals surface area contributed by atoms with Gasteiger partial charge in [0.05, 0.1) is 10.8 Å². The van der Waals surface area contributed by atoms with Gasteiger partial charge in [-0.05, 0) is 56.4 Å². The Balaban J connectivity index is 1.94. The van der Waals surface area contributed by atoms with Gasteiger partial charge in [0.15, 0.2) is 11.5 Å². The van der Waals surface area contributed by atoms with E-state index in [1.165, 1.54) is 0 Å². The first-order valence-corrected chi connectivity index (χ1v) is 8.70. The second-order valence-electron chi connectivity index (χ2n) is 6.09. The lowest BCUT2D eigenvalue weighted by Crippen LogP contribution is -2.16. The summed E-state index contributed by atoms with van der Waals surface area (Å²) < 4.78 is 23.3. The molecular weight excluding hydrogens is 350 g/mol. The highest BCUT2D eigenvalue weighted by molar-refractivity contribution is 7.78. The lowest BCUT2D eigenvalue weighted by molar-refractivity contribution is 0.171. The zero-order valence-corrected chi connectivity index (χ0v) is 15.3. The monoisotopic (exact) mass is 367 g/mol. The summed E-state index contributed by atoms with van der Waals surface area (Å²) in [5.74, 6) is 4.20. The second-order valence-corrected chi connectivity index (χ2v) is 6.27. The van der Waals surface area contributed by atoms with Crippen LogP contribution >= 0.6 is 12.2 Å². The average molecular weight is 367 g/mol. The van der Waals surface area contributed by atoms with Gasteiger partial charge in [-0.2, -0.15) is 4.99 Å². The van der Waals surface area contributed by atoms with E-state index in [1.54, 1.807) is 0 Å². The highest BCUT2D eigenvalue weighted by Gasteiger charge is 2.28. The van der Waals surface area contributed by atoms with Crippen LogP contribution in [0.5, 0.6) is 11.5 Å². The van der Waals surface area contributed by atoms with Gasteiger partial charge in [0.1, 0.15) is 42.2 Å². The van der Waals surface area contributed by atoms with Crippen LogP contribution in [0.4, 0.5) is 5.69 Å². The molecule has 0 N–H and O–H groups in total. The Morgan fingerprint density at radius 1 is 0.923 bits per heavy atom. The van der Waals surface area contributed by atoms with E-state index >= 15 is 0 Å². The van der Waals surface area contributed by atoms with Crippen molar-refractivity contribution in [2.75, 3.05) is 13.2 Å². The number of fused-ring (bicyclic) bond motifs is 1. The van der Waals surface area contributed by atoms with Crippen molar-refractivity contribution in [1.29, 1.82) is 0 Å². The predicted octanol–water partition coefficient (Wildman–Crippen LogP) is 5.18.